The van der Waals surface area contributed by atoms with Crippen molar-refractivity contribution in [3.8, 4) is 21.8 Å². The molecule has 1 N–H and O–H groups in total. The zero-order chi connectivity index (χ0) is 18.9. The summed E-state index contributed by atoms with van der Waals surface area (Å²) in [6.07, 6.45) is 2.81. The summed E-state index contributed by atoms with van der Waals surface area (Å²) in [4.78, 5) is 15.7. The Morgan fingerprint density at radius 2 is 2.07 bits per heavy atom. The van der Waals surface area contributed by atoms with Crippen molar-refractivity contribution in [3.63, 3.8) is 0 Å². The molecule has 1 atom stereocenters. The lowest BCUT2D eigenvalue weighted by Gasteiger charge is -2.14. The Hall–Kier alpha value is -3.26. The van der Waals surface area contributed by atoms with Gasteiger partial charge in [0.15, 0.2) is 5.69 Å². The molecule has 0 bridgehead atoms. The summed E-state index contributed by atoms with van der Waals surface area (Å²) in [5.74, 6) is -0.0510. The molecule has 0 radical (unpaired) electrons. The molecule has 0 spiro atoms. The van der Waals surface area contributed by atoms with E-state index in [-0.39, 0.29) is 11.9 Å². The Labute approximate surface area is 165 Å². The number of amides is 1. The Balaban J connectivity index is 1.28. The van der Waals surface area contributed by atoms with Crippen LogP contribution in [0.4, 0.5) is 0 Å². The fourth-order valence-corrected chi connectivity index (χ4v) is 4.18. The highest BCUT2D eigenvalue weighted by molar-refractivity contribution is 7.13. The molecule has 7 nitrogen and oxygen atoms in total. The van der Waals surface area contributed by atoms with E-state index < -0.39 is 0 Å². The first-order valence-electron chi connectivity index (χ1n) is 9.14. The van der Waals surface area contributed by atoms with Gasteiger partial charge in [-0.3, -0.25) is 9.89 Å². The van der Waals surface area contributed by atoms with Crippen LogP contribution in [-0.4, -0.2) is 49.1 Å². The lowest BCUT2D eigenvalue weighted by Crippen LogP contribution is -2.29. The molecule has 1 aliphatic rings. The van der Waals surface area contributed by atoms with Gasteiger partial charge in [-0.05, 0) is 23.9 Å². The first-order chi connectivity index (χ1) is 13.8. The van der Waals surface area contributed by atoms with Crippen LogP contribution in [0, 0.1) is 0 Å². The SMILES string of the molecule is O=C(c1cc(-c2cccs2)[nH]n1)N1CC[C@H](n2cc(-c3ccccc3)nn2)C1. The normalized spacial score (nSPS) is 16.6. The van der Waals surface area contributed by atoms with Crippen LogP contribution in [0.3, 0.4) is 0 Å². The lowest BCUT2D eigenvalue weighted by molar-refractivity contribution is 0.0781. The van der Waals surface area contributed by atoms with Gasteiger partial charge in [-0.15, -0.1) is 16.4 Å². The lowest BCUT2D eigenvalue weighted by atomic mass is 10.2. The first kappa shape index (κ1) is 16.9. The second-order valence-electron chi connectivity index (χ2n) is 6.79. The highest BCUT2D eigenvalue weighted by Crippen LogP contribution is 2.26. The number of carbonyl (C=O) groups is 1. The van der Waals surface area contributed by atoms with E-state index in [1.54, 1.807) is 11.3 Å². The Morgan fingerprint density at radius 1 is 1.18 bits per heavy atom. The molecule has 1 fully saturated rings. The second kappa shape index (κ2) is 7.05. The highest BCUT2D eigenvalue weighted by Gasteiger charge is 2.30. The third-order valence-corrected chi connectivity index (χ3v) is 5.89. The highest BCUT2D eigenvalue weighted by atomic mass is 32.1. The van der Waals surface area contributed by atoms with Gasteiger partial charge in [-0.25, -0.2) is 4.68 Å². The van der Waals surface area contributed by atoms with Gasteiger partial charge in [-0.2, -0.15) is 5.10 Å². The van der Waals surface area contributed by atoms with Gasteiger partial charge in [-0.1, -0.05) is 41.6 Å². The van der Waals surface area contributed by atoms with Crippen molar-refractivity contribution in [1.29, 1.82) is 0 Å². The predicted octanol–water partition coefficient (Wildman–Crippen LogP) is 3.48. The number of aromatic amines is 1. The maximum absolute atomic E-state index is 12.8. The van der Waals surface area contributed by atoms with Crippen molar-refractivity contribution < 1.29 is 4.79 Å². The largest absolute Gasteiger partial charge is 0.335 e. The fourth-order valence-electron chi connectivity index (χ4n) is 3.49. The van der Waals surface area contributed by atoms with Crippen LogP contribution in [0.1, 0.15) is 23.0 Å². The molecule has 4 aromatic rings. The number of hydrogen-bond acceptors (Lipinski definition) is 5. The van der Waals surface area contributed by atoms with E-state index in [1.807, 2.05) is 69.7 Å². The summed E-state index contributed by atoms with van der Waals surface area (Å²) >= 11 is 1.62. The Kier molecular flexibility index (Phi) is 4.25. The van der Waals surface area contributed by atoms with E-state index in [1.165, 1.54) is 0 Å². The molecule has 8 heteroatoms. The molecule has 3 aromatic heterocycles. The smallest absolute Gasteiger partial charge is 0.274 e. The van der Waals surface area contributed by atoms with E-state index in [0.29, 0.717) is 18.8 Å². The molecule has 5 rings (SSSR count). The van der Waals surface area contributed by atoms with Crippen molar-refractivity contribution in [2.75, 3.05) is 13.1 Å². The summed E-state index contributed by atoms with van der Waals surface area (Å²) in [5, 5.41) is 17.8. The van der Waals surface area contributed by atoms with E-state index in [2.05, 4.69) is 20.5 Å². The minimum atomic E-state index is -0.0510. The minimum Gasteiger partial charge on any atom is -0.335 e. The monoisotopic (exact) mass is 390 g/mol. The third-order valence-electron chi connectivity index (χ3n) is 4.99. The van der Waals surface area contributed by atoms with Gasteiger partial charge in [0, 0.05) is 18.7 Å². The Bertz CT molecular complexity index is 1090. The van der Waals surface area contributed by atoms with E-state index in [9.17, 15) is 4.79 Å². The standard InChI is InChI=1S/C20H18N6OS/c27-20(17-11-16(21-22-17)19-7-4-10-28-19)25-9-8-15(12-25)26-13-18(23-24-26)14-5-2-1-3-6-14/h1-7,10-11,13,15H,8-9,12H2,(H,21,22)/t15-/m0/s1. The molecule has 0 aliphatic carbocycles. The number of H-pyrrole nitrogens is 1. The van der Waals surface area contributed by atoms with Gasteiger partial charge < -0.3 is 4.90 Å². The number of rotatable bonds is 4. The third kappa shape index (κ3) is 3.11. The number of carbonyl (C=O) groups excluding carboxylic acids is 1. The average molecular weight is 390 g/mol. The quantitative estimate of drug-likeness (QED) is 0.578. The van der Waals surface area contributed by atoms with Crippen LogP contribution in [0.5, 0.6) is 0 Å². The number of hydrogen-bond donors (Lipinski definition) is 1. The van der Waals surface area contributed by atoms with Gasteiger partial charge in [0.1, 0.15) is 5.69 Å². The molecule has 1 aromatic carbocycles. The van der Waals surface area contributed by atoms with E-state index in [4.69, 9.17) is 0 Å². The number of nitrogens with zero attached hydrogens (tertiary/aromatic N) is 5. The molecule has 0 unspecified atom stereocenters. The fraction of sp³-hybridized carbons (Fsp3) is 0.200. The zero-order valence-electron chi connectivity index (χ0n) is 15.0. The van der Waals surface area contributed by atoms with Crippen LogP contribution in [0.25, 0.3) is 21.8 Å². The molecule has 4 heterocycles. The molecule has 28 heavy (non-hydrogen) atoms. The van der Waals surface area contributed by atoms with Crippen LogP contribution in [-0.2, 0) is 0 Å². The average Bonchev–Trinajstić information content (AvgIpc) is 3.54. The number of benzene rings is 1. The molecule has 1 amide bonds. The number of likely N-dealkylation sites (tertiary alicyclic amines) is 1. The molecule has 140 valence electrons. The molecule has 1 aliphatic heterocycles. The van der Waals surface area contributed by atoms with Crippen molar-refractivity contribution in [1.82, 2.24) is 30.1 Å². The van der Waals surface area contributed by atoms with Gasteiger partial charge >= 0.3 is 0 Å². The minimum absolute atomic E-state index is 0.0510. The van der Waals surface area contributed by atoms with Crippen LogP contribution < -0.4 is 0 Å². The van der Waals surface area contributed by atoms with Crippen molar-refractivity contribution >= 4 is 17.2 Å². The Morgan fingerprint density at radius 3 is 2.89 bits per heavy atom. The summed E-state index contributed by atoms with van der Waals surface area (Å²) in [7, 11) is 0. The van der Waals surface area contributed by atoms with Crippen molar-refractivity contribution in [3.05, 3.63) is 65.8 Å². The van der Waals surface area contributed by atoms with Gasteiger partial charge in [0.25, 0.3) is 5.91 Å². The summed E-state index contributed by atoms with van der Waals surface area (Å²) in [5.41, 5.74) is 3.21. The number of thiophene rings is 1. The van der Waals surface area contributed by atoms with E-state index >= 15 is 0 Å². The second-order valence-corrected chi connectivity index (χ2v) is 7.74. The molecule has 1 saturated heterocycles. The predicted molar refractivity (Wildman–Crippen MR) is 107 cm³/mol. The first-order valence-corrected chi connectivity index (χ1v) is 10.0. The summed E-state index contributed by atoms with van der Waals surface area (Å²) in [6, 6.07) is 15.9. The van der Waals surface area contributed by atoms with Gasteiger partial charge in [0.2, 0.25) is 0 Å². The van der Waals surface area contributed by atoms with Crippen LogP contribution in [0.15, 0.2) is 60.1 Å². The molecular formula is C20H18N6OS. The summed E-state index contributed by atoms with van der Waals surface area (Å²) in [6.45, 7) is 1.29. The van der Waals surface area contributed by atoms with E-state index in [0.717, 1.165) is 28.2 Å². The number of nitrogens with one attached hydrogen (secondary N) is 1. The van der Waals surface area contributed by atoms with Crippen LogP contribution in [0.2, 0.25) is 0 Å². The van der Waals surface area contributed by atoms with Crippen molar-refractivity contribution in [2.24, 2.45) is 0 Å². The maximum Gasteiger partial charge on any atom is 0.274 e. The maximum atomic E-state index is 12.8. The topological polar surface area (TPSA) is 79.7 Å². The molecular weight excluding hydrogens is 372 g/mol. The van der Waals surface area contributed by atoms with Crippen LogP contribution >= 0.6 is 11.3 Å². The number of aromatic nitrogens is 5. The van der Waals surface area contributed by atoms with Gasteiger partial charge in [0.05, 0.1) is 22.8 Å². The van der Waals surface area contributed by atoms with Crippen molar-refractivity contribution in [2.45, 2.75) is 12.5 Å². The molecule has 0 saturated carbocycles. The summed E-state index contributed by atoms with van der Waals surface area (Å²) < 4.78 is 1.87. The zero-order valence-corrected chi connectivity index (χ0v) is 15.8.